The van der Waals surface area contributed by atoms with E-state index < -0.39 is 0 Å². The first kappa shape index (κ1) is 11.1. The molecular weight excluding hydrogens is 229 g/mol. The summed E-state index contributed by atoms with van der Waals surface area (Å²) in [5, 5.41) is 7.81. The summed E-state index contributed by atoms with van der Waals surface area (Å²) in [5.74, 6) is 0.323. The molecule has 1 aromatic carbocycles. The van der Waals surface area contributed by atoms with Gasteiger partial charge >= 0.3 is 0 Å². The minimum absolute atomic E-state index is 0.180. The lowest BCUT2D eigenvalue weighted by atomic mass is 10.2. The van der Waals surface area contributed by atoms with Gasteiger partial charge < -0.3 is 0 Å². The number of halogens is 2. The predicted octanol–water partition coefficient (Wildman–Crippen LogP) is 2.93. The maximum atomic E-state index is 13.8. The van der Waals surface area contributed by atoms with Gasteiger partial charge in [-0.1, -0.05) is 13.0 Å². The largest absolute Gasteiger partial charge is 0.267 e. The van der Waals surface area contributed by atoms with Gasteiger partial charge in [-0.05, 0) is 36.2 Å². The molecule has 1 aromatic heterocycles. The first-order valence-corrected chi connectivity index (χ1v) is 5.37. The maximum absolute atomic E-state index is 13.8. The Morgan fingerprint density at radius 1 is 1.38 bits per heavy atom. The normalized spacial score (nSPS) is 10.8. The quantitative estimate of drug-likeness (QED) is 0.807. The lowest BCUT2D eigenvalue weighted by Gasteiger charge is -2.08. The zero-order valence-corrected chi connectivity index (χ0v) is 9.79. The highest BCUT2D eigenvalue weighted by molar-refractivity contribution is 6.28. The molecule has 0 aliphatic heterocycles. The monoisotopic (exact) mass is 239 g/mol. The highest BCUT2D eigenvalue weighted by Gasteiger charge is 2.13. The van der Waals surface area contributed by atoms with Crippen molar-refractivity contribution in [3.63, 3.8) is 0 Å². The first-order valence-electron chi connectivity index (χ1n) is 4.99. The minimum atomic E-state index is -0.323. The predicted molar refractivity (Wildman–Crippen MR) is 60.4 cm³/mol. The zero-order valence-electron chi connectivity index (χ0n) is 9.04. The Morgan fingerprint density at radius 3 is 2.75 bits per heavy atom. The first-order chi connectivity index (χ1) is 7.63. The van der Waals surface area contributed by atoms with Gasteiger partial charge in [-0.3, -0.25) is 4.57 Å². The van der Waals surface area contributed by atoms with Crippen LogP contribution < -0.4 is 0 Å². The highest BCUT2D eigenvalue weighted by Crippen LogP contribution is 2.20. The van der Waals surface area contributed by atoms with E-state index in [1.54, 1.807) is 6.07 Å². The van der Waals surface area contributed by atoms with Crippen molar-refractivity contribution in [2.24, 2.45) is 0 Å². The molecule has 1 heterocycles. The zero-order chi connectivity index (χ0) is 11.7. The number of hydrogen-bond acceptors (Lipinski definition) is 2. The molecule has 84 valence electrons. The fourth-order valence-electron chi connectivity index (χ4n) is 1.56. The molecule has 16 heavy (non-hydrogen) atoms. The molecule has 0 aliphatic carbocycles. The van der Waals surface area contributed by atoms with Crippen LogP contribution in [0.1, 0.15) is 18.3 Å². The Labute approximate surface area is 97.9 Å². The Hall–Kier alpha value is -1.42. The van der Waals surface area contributed by atoms with E-state index >= 15 is 0 Å². The van der Waals surface area contributed by atoms with Gasteiger partial charge in [0.15, 0.2) is 0 Å². The van der Waals surface area contributed by atoms with Crippen LogP contribution in [0.3, 0.4) is 0 Å². The van der Waals surface area contributed by atoms with E-state index in [9.17, 15) is 4.39 Å². The SMILES string of the molecule is CCc1nnc(Cl)n1-c1ccc(C)cc1F. The van der Waals surface area contributed by atoms with Crippen LogP contribution in [0.15, 0.2) is 18.2 Å². The van der Waals surface area contributed by atoms with Gasteiger partial charge in [0.1, 0.15) is 11.6 Å². The van der Waals surface area contributed by atoms with Crippen LogP contribution in [0.5, 0.6) is 0 Å². The molecule has 0 aliphatic rings. The van der Waals surface area contributed by atoms with Crippen LogP contribution in [-0.2, 0) is 6.42 Å². The van der Waals surface area contributed by atoms with Crippen molar-refractivity contribution in [2.75, 3.05) is 0 Å². The third kappa shape index (κ3) is 1.80. The highest BCUT2D eigenvalue weighted by atomic mass is 35.5. The summed E-state index contributed by atoms with van der Waals surface area (Å²) in [5.41, 5.74) is 1.25. The summed E-state index contributed by atoms with van der Waals surface area (Å²) in [6.45, 7) is 3.75. The fraction of sp³-hybridized carbons (Fsp3) is 0.273. The van der Waals surface area contributed by atoms with E-state index in [0.717, 1.165) is 5.56 Å². The average Bonchev–Trinajstić information content (AvgIpc) is 2.60. The lowest BCUT2D eigenvalue weighted by molar-refractivity contribution is 0.614. The molecule has 2 rings (SSSR count). The van der Waals surface area contributed by atoms with Gasteiger partial charge in [0.2, 0.25) is 5.28 Å². The van der Waals surface area contributed by atoms with Crippen molar-refractivity contribution >= 4 is 11.6 Å². The lowest BCUT2D eigenvalue weighted by Crippen LogP contribution is -2.03. The second-order valence-corrected chi connectivity index (χ2v) is 3.87. The molecular formula is C11H11ClFN3. The molecule has 0 radical (unpaired) electrons. The van der Waals surface area contributed by atoms with Gasteiger partial charge in [0.25, 0.3) is 0 Å². The molecule has 0 N–H and O–H groups in total. The number of benzene rings is 1. The average molecular weight is 240 g/mol. The second kappa shape index (κ2) is 4.22. The molecule has 0 saturated heterocycles. The smallest absolute Gasteiger partial charge is 0.229 e. The van der Waals surface area contributed by atoms with E-state index in [-0.39, 0.29) is 11.1 Å². The maximum Gasteiger partial charge on any atom is 0.229 e. The van der Waals surface area contributed by atoms with Gasteiger partial charge in [0.05, 0.1) is 5.69 Å². The van der Waals surface area contributed by atoms with Crippen molar-refractivity contribution in [2.45, 2.75) is 20.3 Å². The van der Waals surface area contributed by atoms with Gasteiger partial charge in [-0.2, -0.15) is 0 Å². The Balaban J connectivity index is 2.62. The molecule has 0 atom stereocenters. The number of rotatable bonds is 2. The van der Waals surface area contributed by atoms with E-state index in [4.69, 9.17) is 11.6 Å². The van der Waals surface area contributed by atoms with E-state index in [2.05, 4.69) is 10.2 Å². The summed E-state index contributed by atoms with van der Waals surface area (Å²) in [6, 6.07) is 4.97. The molecule has 3 nitrogen and oxygen atoms in total. The summed E-state index contributed by atoms with van der Waals surface area (Å²) >= 11 is 5.89. The fourth-order valence-corrected chi connectivity index (χ4v) is 1.78. The van der Waals surface area contributed by atoms with Gasteiger partial charge in [-0.15, -0.1) is 10.2 Å². The third-order valence-electron chi connectivity index (χ3n) is 2.35. The Bertz CT molecular complexity index is 522. The van der Waals surface area contributed by atoms with Crippen LogP contribution in [0.25, 0.3) is 5.69 Å². The second-order valence-electron chi connectivity index (χ2n) is 3.53. The molecule has 0 saturated carbocycles. The van der Waals surface area contributed by atoms with Crippen LogP contribution in [0.2, 0.25) is 5.28 Å². The van der Waals surface area contributed by atoms with Crippen molar-refractivity contribution < 1.29 is 4.39 Å². The number of aryl methyl sites for hydroxylation is 2. The topological polar surface area (TPSA) is 30.7 Å². The van der Waals surface area contributed by atoms with Crippen LogP contribution in [0.4, 0.5) is 4.39 Å². The van der Waals surface area contributed by atoms with Gasteiger partial charge in [0, 0.05) is 6.42 Å². The number of hydrogen-bond donors (Lipinski definition) is 0. The molecule has 0 unspecified atom stereocenters. The van der Waals surface area contributed by atoms with Crippen molar-refractivity contribution in [1.82, 2.24) is 14.8 Å². The standard InChI is InChI=1S/C11H11ClFN3/c1-3-10-14-15-11(12)16(10)9-5-4-7(2)6-8(9)13/h4-6H,3H2,1-2H3. The van der Waals surface area contributed by atoms with Crippen LogP contribution in [0, 0.1) is 12.7 Å². The third-order valence-corrected chi connectivity index (χ3v) is 2.60. The Kier molecular flexibility index (Phi) is 2.92. The van der Waals surface area contributed by atoms with E-state index in [1.807, 2.05) is 19.9 Å². The summed E-state index contributed by atoms with van der Waals surface area (Å²) in [4.78, 5) is 0. The van der Waals surface area contributed by atoms with Crippen molar-refractivity contribution in [1.29, 1.82) is 0 Å². The van der Waals surface area contributed by atoms with E-state index in [1.165, 1.54) is 10.6 Å². The van der Waals surface area contributed by atoms with Crippen molar-refractivity contribution in [3.8, 4) is 5.69 Å². The molecule has 0 amide bonds. The van der Waals surface area contributed by atoms with Gasteiger partial charge in [-0.25, -0.2) is 4.39 Å². The van der Waals surface area contributed by atoms with Crippen molar-refractivity contribution in [3.05, 3.63) is 40.7 Å². The number of nitrogens with zero attached hydrogens (tertiary/aromatic N) is 3. The molecule has 2 aromatic rings. The molecule has 0 fully saturated rings. The Morgan fingerprint density at radius 2 is 2.12 bits per heavy atom. The molecule has 0 bridgehead atoms. The minimum Gasteiger partial charge on any atom is -0.267 e. The summed E-state index contributed by atoms with van der Waals surface area (Å²) in [7, 11) is 0. The van der Waals surface area contributed by atoms with Crippen LogP contribution >= 0.6 is 11.6 Å². The van der Waals surface area contributed by atoms with E-state index in [0.29, 0.717) is 17.9 Å². The molecule has 5 heteroatoms. The summed E-state index contributed by atoms with van der Waals surface area (Å²) < 4.78 is 15.3. The number of aromatic nitrogens is 3. The summed E-state index contributed by atoms with van der Waals surface area (Å²) in [6.07, 6.45) is 0.646. The molecule has 0 spiro atoms. The van der Waals surface area contributed by atoms with Crippen LogP contribution in [-0.4, -0.2) is 14.8 Å².